The third-order valence-electron chi connectivity index (χ3n) is 5.12. The Morgan fingerprint density at radius 2 is 1.83 bits per heavy atom. The van der Waals surface area contributed by atoms with Crippen LogP contribution in [0.15, 0.2) is 23.1 Å². The number of fused-ring (bicyclic) bond motifs is 1. The van der Waals surface area contributed by atoms with E-state index in [1.165, 1.54) is 0 Å². The van der Waals surface area contributed by atoms with Crippen molar-refractivity contribution in [2.45, 2.75) is 30.6 Å². The zero-order valence-corrected chi connectivity index (χ0v) is 15.2. The van der Waals surface area contributed by atoms with Gasteiger partial charge in [0, 0.05) is 45.3 Å². The van der Waals surface area contributed by atoms with E-state index in [0.29, 0.717) is 37.2 Å². The van der Waals surface area contributed by atoms with Crippen molar-refractivity contribution in [2.75, 3.05) is 39.3 Å². The Balaban J connectivity index is 0.00000169. The second-order valence-electron chi connectivity index (χ2n) is 6.51. The second-order valence-corrected chi connectivity index (χ2v) is 8.45. The second kappa shape index (κ2) is 7.27. The Labute approximate surface area is 149 Å². The van der Waals surface area contributed by atoms with E-state index in [-0.39, 0.29) is 12.4 Å². The van der Waals surface area contributed by atoms with Crippen molar-refractivity contribution < 1.29 is 13.2 Å². The molecule has 0 amide bonds. The maximum Gasteiger partial charge on any atom is 0.243 e. The van der Waals surface area contributed by atoms with E-state index in [4.69, 9.17) is 4.74 Å². The Morgan fingerprint density at radius 3 is 2.62 bits per heavy atom. The molecule has 1 unspecified atom stereocenters. The molecule has 6 nitrogen and oxygen atoms in total. The van der Waals surface area contributed by atoms with E-state index in [9.17, 15) is 8.42 Å². The molecule has 134 valence electrons. The molecule has 0 spiro atoms. The first-order valence-corrected chi connectivity index (χ1v) is 9.73. The van der Waals surface area contributed by atoms with Crippen LogP contribution in [0.3, 0.4) is 0 Å². The number of nitrogens with one attached hydrogen (secondary N) is 1. The summed E-state index contributed by atoms with van der Waals surface area (Å²) in [6.45, 7) is 6.33. The topological polar surface area (TPSA) is 61.9 Å². The molecule has 0 radical (unpaired) electrons. The first-order chi connectivity index (χ1) is 11.1. The van der Waals surface area contributed by atoms with Crippen molar-refractivity contribution >= 4 is 22.4 Å². The van der Waals surface area contributed by atoms with Crippen LogP contribution in [0.1, 0.15) is 17.5 Å². The Hall–Kier alpha value is -0.700. The number of rotatable bonds is 3. The Bertz CT molecular complexity index is 692. The Morgan fingerprint density at radius 1 is 1.08 bits per heavy atom. The van der Waals surface area contributed by atoms with E-state index < -0.39 is 10.0 Å². The molecule has 24 heavy (non-hydrogen) atoms. The highest BCUT2D eigenvalue weighted by molar-refractivity contribution is 7.89. The number of benzene rings is 1. The molecule has 0 aromatic heterocycles. The molecule has 0 aliphatic carbocycles. The number of sulfonamides is 1. The van der Waals surface area contributed by atoms with Gasteiger partial charge in [-0.25, -0.2) is 8.42 Å². The van der Waals surface area contributed by atoms with Gasteiger partial charge >= 0.3 is 0 Å². The molecule has 4 rings (SSSR count). The predicted octanol–water partition coefficient (Wildman–Crippen LogP) is 0.807. The number of hydrogen-bond acceptors (Lipinski definition) is 5. The number of ether oxygens (including phenoxy) is 1. The van der Waals surface area contributed by atoms with Crippen LogP contribution in [0.25, 0.3) is 0 Å². The molecule has 2 saturated heterocycles. The van der Waals surface area contributed by atoms with Crippen molar-refractivity contribution in [3.05, 3.63) is 29.3 Å². The highest BCUT2D eigenvalue weighted by Gasteiger charge is 2.35. The van der Waals surface area contributed by atoms with Crippen LogP contribution in [0, 0.1) is 0 Å². The molecule has 3 aliphatic heterocycles. The number of piperazine rings is 1. The van der Waals surface area contributed by atoms with Gasteiger partial charge in [0.2, 0.25) is 10.0 Å². The average Bonchev–Trinajstić information content (AvgIpc) is 3.24. The summed E-state index contributed by atoms with van der Waals surface area (Å²) in [4.78, 5) is 2.82. The van der Waals surface area contributed by atoms with E-state index in [2.05, 4.69) is 10.2 Å². The van der Waals surface area contributed by atoms with Crippen molar-refractivity contribution in [2.24, 2.45) is 0 Å². The summed E-state index contributed by atoms with van der Waals surface area (Å²) in [7, 11) is -3.40. The normalized spacial score (nSPS) is 25.4. The van der Waals surface area contributed by atoms with Crippen molar-refractivity contribution in [3.63, 3.8) is 0 Å². The fraction of sp³-hybridized carbons (Fsp3) is 0.625. The number of nitrogens with zero attached hydrogens (tertiary/aromatic N) is 2. The van der Waals surface area contributed by atoms with Gasteiger partial charge in [0.1, 0.15) is 0 Å². The summed E-state index contributed by atoms with van der Waals surface area (Å²) in [5.41, 5.74) is 2.10. The van der Waals surface area contributed by atoms with Gasteiger partial charge in [-0.05, 0) is 29.7 Å². The highest BCUT2D eigenvalue weighted by Crippen LogP contribution is 2.27. The molecule has 8 heteroatoms. The fourth-order valence-electron chi connectivity index (χ4n) is 3.73. The number of halogens is 1. The van der Waals surface area contributed by atoms with Gasteiger partial charge in [-0.1, -0.05) is 6.07 Å². The van der Waals surface area contributed by atoms with Crippen molar-refractivity contribution in [3.8, 4) is 0 Å². The van der Waals surface area contributed by atoms with Gasteiger partial charge in [0.15, 0.2) is 0 Å². The van der Waals surface area contributed by atoms with E-state index in [0.717, 1.165) is 43.7 Å². The molecule has 0 bridgehead atoms. The van der Waals surface area contributed by atoms with Crippen molar-refractivity contribution in [1.29, 1.82) is 0 Å². The summed E-state index contributed by atoms with van der Waals surface area (Å²) in [5, 5.41) is 3.34. The highest BCUT2D eigenvalue weighted by atomic mass is 35.5. The van der Waals surface area contributed by atoms with Gasteiger partial charge in [-0.2, -0.15) is 4.31 Å². The molecule has 1 atom stereocenters. The van der Waals surface area contributed by atoms with E-state index in [1.807, 2.05) is 6.07 Å². The van der Waals surface area contributed by atoms with Crippen LogP contribution in [0.2, 0.25) is 0 Å². The molecular weight excluding hydrogens is 350 g/mol. The molecule has 1 aromatic rings. The molecule has 1 aromatic carbocycles. The van der Waals surface area contributed by atoms with Gasteiger partial charge in [-0.15, -0.1) is 12.4 Å². The summed E-state index contributed by atoms with van der Waals surface area (Å²) in [6, 6.07) is 5.75. The van der Waals surface area contributed by atoms with Crippen molar-refractivity contribution in [1.82, 2.24) is 14.5 Å². The van der Waals surface area contributed by atoms with Crippen LogP contribution >= 0.6 is 12.4 Å². The SMILES string of the molecule is Cl.O=S(=O)(c1ccc2c(c1)COC2)N1CCC(N2CCNCC2)C1. The summed E-state index contributed by atoms with van der Waals surface area (Å²) >= 11 is 0. The third kappa shape index (κ3) is 3.34. The smallest absolute Gasteiger partial charge is 0.243 e. The minimum atomic E-state index is -3.40. The van der Waals surface area contributed by atoms with Gasteiger partial charge < -0.3 is 10.1 Å². The van der Waals surface area contributed by atoms with Crippen LogP contribution in [-0.2, 0) is 28.0 Å². The lowest BCUT2D eigenvalue weighted by molar-refractivity contribution is 0.134. The van der Waals surface area contributed by atoms with E-state index >= 15 is 0 Å². The first kappa shape index (κ1) is 18.1. The first-order valence-electron chi connectivity index (χ1n) is 8.29. The molecule has 0 saturated carbocycles. The Kier molecular flexibility index (Phi) is 5.48. The predicted molar refractivity (Wildman–Crippen MR) is 93.8 cm³/mol. The van der Waals surface area contributed by atoms with E-state index in [1.54, 1.807) is 16.4 Å². The largest absolute Gasteiger partial charge is 0.372 e. The standard InChI is InChI=1S/C16H23N3O3S.ClH/c20-23(21,16-2-1-13-11-22-12-14(13)9-16)19-6-3-15(10-19)18-7-4-17-5-8-18;/h1-2,9,15,17H,3-8,10-12H2;1H. The minimum Gasteiger partial charge on any atom is -0.372 e. The fourth-order valence-corrected chi connectivity index (χ4v) is 5.28. The van der Waals surface area contributed by atoms with Crippen LogP contribution < -0.4 is 5.32 Å². The number of hydrogen-bond donors (Lipinski definition) is 1. The molecule has 3 aliphatic rings. The molecule has 3 heterocycles. The molecular formula is C16H24ClN3O3S. The van der Waals surface area contributed by atoms with Crippen LogP contribution in [0.5, 0.6) is 0 Å². The quantitative estimate of drug-likeness (QED) is 0.849. The molecule has 1 N–H and O–H groups in total. The molecule has 2 fully saturated rings. The zero-order valence-electron chi connectivity index (χ0n) is 13.6. The van der Waals surface area contributed by atoms with Crippen LogP contribution in [0.4, 0.5) is 0 Å². The lowest BCUT2D eigenvalue weighted by Gasteiger charge is -2.32. The van der Waals surface area contributed by atoms with Gasteiger partial charge in [-0.3, -0.25) is 4.90 Å². The summed E-state index contributed by atoms with van der Waals surface area (Å²) < 4.78 is 32.9. The summed E-state index contributed by atoms with van der Waals surface area (Å²) in [5.74, 6) is 0. The summed E-state index contributed by atoms with van der Waals surface area (Å²) in [6.07, 6.45) is 0.924. The lowest BCUT2D eigenvalue weighted by atomic mass is 10.1. The monoisotopic (exact) mass is 373 g/mol. The van der Waals surface area contributed by atoms with Gasteiger partial charge in [0.25, 0.3) is 0 Å². The average molecular weight is 374 g/mol. The lowest BCUT2D eigenvalue weighted by Crippen LogP contribution is -2.49. The minimum absolute atomic E-state index is 0. The van der Waals surface area contributed by atoms with Gasteiger partial charge in [0.05, 0.1) is 18.1 Å². The zero-order chi connectivity index (χ0) is 15.9. The maximum atomic E-state index is 12.9. The van der Waals surface area contributed by atoms with Crippen LogP contribution in [-0.4, -0.2) is 62.9 Å². The third-order valence-corrected chi connectivity index (χ3v) is 6.99. The maximum absolute atomic E-state index is 12.9.